The number of benzene rings is 2. The number of fused-ring (bicyclic) bond motifs is 1. The standard InChI is InChI=1S/C22H20FN5O3/c1-13(2)30-17-9-5-15(6-10-17)21-24-22(31-26-21)20-18-12-29-19(11-28(18)27-25-20)14-3-7-16(23)8-4-14/h3-10,13,19H,11-12H2,1-2H3. The van der Waals surface area contributed by atoms with Crippen molar-refractivity contribution in [2.45, 2.75) is 39.2 Å². The molecule has 0 saturated carbocycles. The smallest absolute Gasteiger partial charge is 0.280 e. The molecule has 0 N–H and O–H groups in total. The minimum atomic E-state index is -0.280. The molecule has 0 aliphatic carbocycles. The van der Waals surface area contributed by atoms with Gasteiger partial charge in [-0.1, -0.05) is 22.5 Å². The lowest BCUT2D eigenvalue weighted by Crippen LogP contribution is -2.22. The Labute approximate surface area is 177 Å². The second-order valence-corrected chi connectivity index (χ2v) is 7.53. The third-order valence-corrected chi connectivity index (χ3v) is 4.95. The van der Waals surface area contributed by atoms with Crippen LogP contribution in [0.15, 0.2) is 53.1 Å². The van der Waals surface area contributed by atoms with Crippen LogP contribution in [-0.4, -0.2) is 31.2 Å². The van der Waals surface area contributed by atoms with E-state index < -0.39 is 0 Å². The second kappa shape index (κ2) is 7.92. The fourth-order valence-corrected chi connectivity index (χ4v) is 3.45. The molecule has 0 radical (unpaired) electrons. The molecule has 31 heavy (non-hydrogen) atoms. The van der Waals surface area contributed by atoms with E-state index in [0.29, 0.717) is 18.1 Å². The van der Waals surface area contributed by atoms with Gasteiger partial charge in [-0.25, -0.2) is 9.07 Å². The van der Waals surface area contributed by atoms with Gasteiger partial charge in [-0.3, -0.25) is 0 Å². The van der Waals surface area contributed by atoms with Crippen molar-refractivity contribution in [1.82, 2.24) is 25.1 Å². The molecule has 9 heteroatoms. The molecular weight excluding hydrogens is 401 g/mol. The maximum atomic E-state index is 13.2. The Kier molecular flexibility index (Phi) is 4.95. The molecule has 0 spiro atoms. The van der Waals surface area contributed by atoms with E-state index in [1.54, 1.807) is 16.8 Å². The van der Waals surface area contributed by atoms with Crippen molar-refractivity contribution in [2.24, 2.45) is 0 Å². The van der Waals surface area contributed by atoms with Gasteiger partial charge in [0.2, 0.25) is 5.82 Å². The molecule has 0 saturated heterocycles. The number of rotatable bonds is 5. The van der Waals surface area contributed by atoms with Crippen LogP contribution in [-0.2, 0) is 17.9 Å². The lowest BCUT2D eigenvalue weighted by molar-refractivity contribution is -0.00120. The zero-order valence-electron chi connectivity index (χ0n) is 17.0. The van der Waals surface area contributed by atoms with Crippen molar-refractivity contribution in [2.75, 3.05) is 0 Å². The van der Waals surface area contributed by atoms with Gasteiger partial charge < -0.3 is 14.0 Å². The molecule has 3 heterocycles. The zero-order chi connectivity index (χ0) is 21.4. The van der Waals surface area contributed by atoms with E-state index in [4.69, 9.17) is 14.0 Å². The van der Waals surface area contributed by atoms with Crippen molar-refractivity contribution >= 4 is 0 Å². The number of hydrogen-bond acceptors (Lipinski definition) is 7. The predicted octanol–water partition coefficient (Wildman–Crippen LogP) is 4.19. The Hall–Kier alpha value is -3.59. The SMILES string of the molecule is CC(C)Oc1ccc(-c2noc(-c3nnn4c3COC(c3ccc(F)cc3)C4)n2)cc1. The molecule has 1 aliphatic heterocycles. The molecule has 1 atom stereocenters. The summed E-state index contributed by atoms with van der Waals surface area (Å²) in [6.07, 6.45) is -0.125. The summed E-state index contributed by atoms with van der Waals surface area (Å²) in [4.78, 5) is 4.48. The third kappa shape index (κ3) is 3.91. The fraction of sp³-hybridized carbons (Fsp3) is 0.273. The molecule has 0 fully saturated rings. The van der Waals surface area contributed by atoms with Gasteiger partial charge in [0.25, 0.3) is 5.89 Å². The van der Waals surface area contributed by atoms with Gasteiger partial charge in [-0.2, -0.15) is 4.98 Å². The number of hydrogen-bond donors (Lipinski definition) is 0. The van der Waals surface area contributed by atoms with Crippen LogP contribution in [0, 0.1) is 5.82 Å². The molecule has 158 valence electrons. The summed E-state index contributed by atoms with van der Waals surface area (Å²) in [5, 5.41) is 12.5. The van der Waals surface area contributed by atoms with Gasteiger partial charge in [0, 0.05) is 5.56 Å². The highest BCUT2D eigenvalue weighted by atomic mass is 19.1. The van der Waals surface area contributed by atoms with Crippen LogP contribution in [0.25, 0.3) is 23.0 Å². The van der Waals surface area contributed by atoms with E-state index in [1.165, 1.54) is 12.1 Å². The maximum absolute atomic E-state index is 13.2. The summed E-state index contributed by atoms with van der Waals surface area (Å²) in [5.41, 5.74) is 2.94. The molecule has 4 aromatic rings. The van der Waals surface area contributed by atoms with E-state index in [2.05, 4.69) is 20.5 Å². The second-order valence-electron chi connectivity index (χ2n) is 7.53. The number of nitrogens with zero attached hydrogens (tertiary/aromatic N) is 5. The van der Waals surface area contributed by atoms with E-state index in [0.717, 1.165) is 22.6 Å². The van der Waals surface area contributed by atoms with Gasteiger partial charge in [0.15, 0.2) is 5.69 Å². The molecule has 5 rings (SSSR count). The summed E-state index contributed by atoms with van der Waals surface area (Å²) in [6.45, 7) is 4.70. The van der Waals surface area contributed by atoms with Crippen molar-refractivity contribution in [3.63, 3.8) is 0 Å². The van der Waals surface area contributed by atoms with E-state index in [-0.39, 0.29) is 30.5 Å². The van der Waals surface area contributed by atoms with Gasteiger partial charge in [0.1, 0.15) is 17.7 Å². The first kappa shape index (κ1) is 19.4. The summed E-state index contributed by atoms with van der Waals surface area (Å²) in [5.74, 6) is 1.23. The molecule has 0 amide bonds. The molecule has 2 aromatic carbocycles. The van der Waals surface area contributed by atoms with E-state index in [9.17, 15) is 4.39 Å². The van der Waals surface area contributed by atoms with Crippen molar-refractivity contribution < 1.29 is 18.4 Å². The van der Waals surface area contributed by atoms with Crippen molar-refractivity contribution in [1.29, 1.82) is 0 Å². The van der Waals surface area contributed by atoms with Crippen LogP contribution in [0.4, 0.5) is 4.39 Å². The lowest BCUT2D eigenvalue weighted by atomic mass is 10.1. The molecule has 1 unspecified atom stereocenters. The van der Waals surface area contributed by atoms with Crippen molar-refractivity contribution in [3.05, 3.63) is 65.6 Å². The summed E-state index contributed by atoms with van der Waals surface area (Å²) in [6, 6.07) is 13.8. The summed E-state index contributed by atoms with van der Waals surface area (Å²) >= 11 is 0. The third-order valence-electron chi connectivity index (χ3n) is 4.95. The number of halogens is 1. The van der Waals surface area contributed by atoms with Gasteiger partial charge >= 0.3 is 0 Å². The van der Waals surface area contributed by atoms with E-state index in [1.807, 2.05) is 38.1 Å². The fourth-order valence-electron chi connectivity index (χ4n) is 3.45. The Morgan fingerprint density at radius 1 is 1.10 bits per heavy atom. The van der Waals surface area contributed by atoms with Crippen molar-refractivity contribution in [3.8, 4) is 28.7 Å². The quantitative estimate of drug-likeness (QED) is 0.477. The highest BCUT2D eigenvalue weighted by Gasteiger charge is 2.28. The monoisotopic (exact) mass is 421 g/mol. The Morgan fingerprint density at radius 3 is 2.61 bits per heavy atom. The number of aromatic nitrogens is 5. The topological polar surface area (TPSA) is 88.1 Å². The summed E-state index contributed by atoms with van der Waals surface area (Å²) < 4.78 is 32.0. The first-order valence-electron chi connectivity index (χ1n) is 9.97. The minimum absolute atomic E-state index is 0.104. The molecule has 2 aromatic heterocycles. The minimum Gasteiger partial charge on any atom is -0.491 e. The lowest BCUT2D eigenvalue weighted by Gasteiger charge is -2.24. The van der Waals surface area contributed by atoms with Gasteiger partial charge in [-0.05, 0) is 55.8 Å². The zero-order valence-corrected chi connectivity index (χ0v) is 17.0. The Balaban J connectivity index is 1.35. The Bertz CT molecular complexity index is 1180. The molecule has 0 bridgehead atoms. The largest absolute Gasteiger partial charge is 0.491 e. The first-order chi connectivity index (χ1) is 15.1. The normalized spacial score (nSPS) is 15.8. The van der Waals surface area contributed by atoms with Crippen LogP contribution in [0.5, 0.6) is 5.75 Å². The molecule has 1 aliphatic rings. The van der Waals surface area contributed by atoms with Gasteiger partial charge in [0.05, 0.1) is 24.9 Å². The van der Waals surface area contributed by atoms with Crippen LogP contribution < -0.4 is 4.74 Å². The highest BCUT2D eigenvalue weighted by molar-refractivity contribution is 5.59. The van der Waals surface area contributed by atoms with Crippen LogP contribution in [0.2, 0.25) is 0 Å². The molecule has 8 nitrogen and oxygen atoms in total. The predicted molar refractivity (Wildman–Crippen MR) is 108 cm³/mol. The molecular formula is C22H20FN5O3. The van der Waals surface area contributed by atoms with Gasteiger partial charge in [-0.15, -0.1) is 5.10 Å². The average Bonchev–Trinajstić information content (AvgIpc) is 3.41. The maximum Gasteiger partial charge on any atom is 0.280 e. The van der Waals surface area contributed by atoms with Crippen LogP contribution in [0.1, 0.15) is 31.2 Å². The van der Waals surface area contributed by atoms with Crippen LogP contribution in [0.3, 0.4) is 0 Å². The summed E-state index contributed by atoms with van der Waals surface area (Å²) in [7, 11) is 0. The van der Waals surface area contributed by atoms with E-state index >= 15 is 0 Å². The Morgan fingerprint density at radius 2 is 1.87 bits per heavy atom. The van der Waals surface area contributed by atoms with Crippen LogP contribution >= 0.6 is 0 Å². The highest BCUT2D eigenvalue weighted by Crippen LogP contribution is 2.31. The average molecular weight is 421 g/mol. The number of ether oxygens (including phenoxy) is 2. The first-order valence-corrected chi connectivity index (χ1v) is 9.97.